The van der Waals surface area contributed by atoms with Crippen LogP contribution in [-0.4, -0.2) is 0 Å². The maximum atomic E-state index is 8.22. The Morgan fingerprint density at radius 1 is 1.70 bits per heavy atom. The molecule has 0 aliphatic heterocycles. The Labute approximate surface area is 64.2 Å². The fourth-order valence-electron chi connectivity index (χ4n) is 0.668. The number of hydrogen-bond donors (Lipinski definition) is 0. The molecule has 0 aliphatic rings. The summed E-state index contributed by atoms with van der Waals surface area (Å²) in [6, 6.07) is 4.00. The number of nitriles is 1. The summed E-state index contributed by atoms with van der Waals surface area (Å²) in [6.07, 6.45) is 3.33. The Bertz CT molecular complexity index is 278. The van der Waals surface area contributed by atoms with Crippen molar-refractivity contribution in [1.29, 1.82) is 5.26 Å². The largest absolute Gasteiger partial charge is 0.193 e. The van der Waals surface area contributed by atoms with Gasteiger partial charge in [-0.25, -0.2) is 0 Å². The molecule has 0 unspecified atom stereocenters. The van der Waals surface area contributed by atoms with Crippen molar-refractivity contribution < 1.29 is 0 Å². The van der Waals surface area contributed by atoms with Gasteiger partial charge in [0, 0.05) is 11.0 Å². The van der Waals surface area contributed by atoms with Crippen LogP contribution in [0, 0.1) is 18.3 Å². The predicted molar refractivity (Wildman–Crippen MR) is 43.7 cm³/mol. The molecule has 1 aromatic heterocycles. The van der Waals surface area contributed by atoms with Crippen LogP contribution in [0.5, 0.6) is 0 Å². The highest BCUT2D eigenvalue weighted by molar-refractivity contribution is 7.11. The highest BCUT2D eigenvalue weighted by Gasteiger charge is 1.91. The van der Waals surface area contributed by atoms with Gasteiger partial charge in [0.15, 0.2) is 0 Å². The maximum absolute atomic E-state index is 8.22. The highest BCUT2D eigenvalue weighted by atomic mass is 32.1. The summed E-state index contributed by atoms with van der Waals surface area (Å²) in [7, 11) is 0. The third kappa shape index (κ3) is 1.46. The van der Waals surface area contributed by atoms with Crippen LogP contribution >= 0.6 is 11.3 Å². The van der Waals surface area contributed by atoms with Crippen molar-refractivity contribution in [3.63, 3.8) is 0 Å². The summed E-state index contributed by atoms with van der Waals surface area (Å²) < 4.78 is 0. The van der Waals surface area contributed by atoms with Gasteiger partial charge in [0.2, 0.25) is 0 Å². The molecular weight excluding hydrogens is 142 g/mol. The lowest BCUT2D eigenvalue weighted by molar-refractivity contribution is 1.52. The summed E-state index contributed by atoms with van der Waals surface area (Å²) in [6.45, 7) is 2.04. The van der Waals surface area contributed by atoms with E-state index in [-0.39, 0.29) is 0 Å². The summed E-state index contributed by atoms with van der Waals surface area (Å²) in [5.41, 5.74) is 1.23. The first-order valence-electron chi connectivity index (χ1n) is 2.95. The van der Waals surface area contributed by atoms with Crippen LogP contribution in [0.3, 0.4) is 0 Å². The zero-order valence-electron chi connectivity index (χ0n) is 5.66. The number of nitrogens with zero attached hydrogens (tertiary/aromatic N) is 1. The van der Waals surface area contributed by atoms with E-state index in [4.69, 9.17) is 5.26 Å². The third-order valence-corrected chi connectivity index (χ3v) is 2.20. The molecule has 0 N–H and O–H groups in total. The van der Waals surface area contributed by atoms with Gasteiger partial charge in [0.25, 0.3) is 0 Å². The molecule has 10 heavy (non-hydrogen) atoms. The summed E-state index contributed by atoms with van der Waals surface area (Å²) >= 11 is 1.65. The van der Waals surface area contributed by atoms with Crippen LogP contribution in [0.1, 0.15) is 10.4 Å². The van der Waals surface area contributed by atoms with E-state index < -0.39 is 0 Å². The molecule has 0 fully saturated rings. The van der Waals surface area contributed by atoms with Crippen molar-refractivity contribution in [2.75, 3.05) is 0 Å². The van der Waals surface area contributed by atoms with E-state index in [0.29, 0.717) is 0 Å². The van der Waals surface area contributed by atoms with Gasteiger partial charge < -0.3 is 0 Å². The van der Waals surface area contributed by atoms with Crippen molar-refractivity contribution in [2.24, 2.45) is 0 Å². The zero-order chi connectivity index (χ0) is 7.40. The lowest BCUT2D eigenvalue weighted by Gasteiger charge is -1.84. The van der Waals surface area contributed by atoms with Gasteiger partial charge in [0.05, 0.1) is 6.07 Å². The Hall–Kier alpha value is -1.07. The Balaban J connectivity index is 2.87. The molecule has 1 nitrogen and oxygen atoms in total. The average molecular weight is 149 g/mol. The van der Waals surface area contributed by atoms with E-state index in [2.05, 4.69) is 0 Å². The minimum atomic E-state index is 1.17. The minimum Gasteiger partial charge on any atom is -0.193 e. The second-order valence-corrected chi connectivity index (χ2v) is 2.88. The molecule has 1 rings (SSSR count). The predicted octanol–water partition coefficient (Wildman–Crippen LogP) is 2.59. The second-order valence-electron chi connectivity index (χ2n) is 1.93. The molecule has 0 atom stereocenters. The van der Waals surface area contributed by atoms with Crippen molar-refractivity contribution in [2.45, 2.75) is 6.92 Å². The van der Waals surface area contributed by atoms with Crippen LogP contribution in [0.15, 0.2) is 17.5 Å². The van der Waals surface area contributed by atoms with Gasteiger partial charge in [-0.15, -0.1) is 11.3 Å². The molecule has 1 heterocycles. The van der Waals surface area contributed by atoms with E-state index in [1.807, 2.05) is 30.5 Å². The SMILES string of the molecule is Cc1ccsc1/C=C/C#N. The Morgan fingerprint density at radius 3 is 3.00 bits per heavy atom. The minimum absolute atomic E-state index is 1.17. The topological polar surface area (TPSA) is 23.8 Å². The van der Waals surface area contributed by atoms with Crippen molar-refractivity contribution >= 4 is 17.4 Å². The standard InChI is InChI=1S/C8H7NS/c1-7-4-6-10-8(7)3-2-5-9/h2-4,6H,1H3/b3-2+. The van der Waals surface area contributed by atoms with E-state index in [1.165, 1.54) is 16.5 Å². The van der Waals surface area contributed by atoms with Crippen LogP contribution in [0.25, 0.3) is 6.08 Å². The van der Waals surface area contributed by atoms with E-state index >= 15 is 0 Å². The number of hydrogen-bond acceptors (Lipinski definition) is 2. The number of thiophene rings is 1. The molecule has 0 saturated carbocycles. The summed E-state index contributed by atoms with van der Waals surface area (Å²) in [5, 5.41) is 10.2. The Kier molecular flexibility index (Phi) is 2.24. The normalized spacial score (nSPS) is 10.0. The van der Waals surface area contributed by atoms with Crippen molar-refractivity contribution in [1.82, 2.24) is 0 Å². The molecule has 0 saturated heterocycles. The van der Waals surface area contributed by atoms with Gasteiger partial charge in [-0.2, -0.15) is 5.26 Å². The van der Waals surface area contributed by atoms with Crippen molar-refractivity contribution in [3.8, 4) is 6.07 Å². The summed E-state index contributed by atoms with van der Waals surface area (Å²) in [4.78, 5) is 1.17. The first-order valence-corrected chi connectivity index (χ1v) is 3.83. The van der Waals surface area contributed by atoms with E-state index in [0.717, 1.165) is 0 Å². The molecule has 0 aliphatic carbocycles. The van der Waals surface area contributed by atoms with Crippen LogP contribution < -0.4 is 0 Å². The zero-order valence-corrected chi connectivity index (χ0v) is 6.48. The molecule has 2 heteroatoms. The van der Waals surface area contributed by atoms with Gasteiger partial charge >= 0.3 is 0 Å². The fraction of sp³-hybridized carbons (Fsp3) is 0.125. The number of rotatable bonds is 1. The van der Waals surface area contributed by atoms with E-state index in [9.17, 15) is 0 Å². The maximum Gasteiger partial charge on any atom is 0.0912 e. The Morgan fingerprint density at radius 2 is 2.50 bits per heavy atom. The first-order chi connectivity index (χ1) is 4.84. The average Bonchev–Trinajstić information content (AvgIpc) is 2.31. The molecule has 50 valence electrons. The van der Waals surface area contributed by atoms with Gasteiger partial charge in [-0.3, -0.25) is 0 Å². The van der Waals surface area contributed by atoms with Crippen LogP contribution in [0.4, 0.5) is 0 Å². The van der Waals surface area contributed by atoms with Gasteiger partial charge in [-0.1, -0.05) is 0 Å². The molecule has 0 spiro atoms. The van der Waals surface area contributed by atoms with Crippen LogP contribution in [-0.2, 0) is 0 Å². The van der Waals surface area contributed by atoms with Gasteiger partial charge in [-0.05, 0) is 30.0 Å². The lowest BCUT2D eigenvalue weighted by Crippen LogP contribution is -1.65. The molecule has 0 radical (unpaired) electrons. The van der Waals surface area contributed by atoms with Gasteiger partial charge in [0.1, 0.15) is 0 Å². The van der Waals surface area contributed by atoms with E-state index in [1.54, 1.807) is 11.3 Å². The highest BCUT2D eigenvalue weighted by Crippen LogP contribution is 2.16. The van der Waals surface area contributed by atoms with Crippen molar-refractivity contribution in [3.05, 3.63) is 28.0 Å². The molecule has 0 aromatic carbocycles. The smallest absolute Gasteiger partial charge is 0.0912 e. The monoisotopic (exact) mass is 149 g/mol. The molecule has 1 aromatic rings. The third-order valence-electron chi connectivity index (χ3n) is 1.21. The summed E-state index contributed by atoms with van der Waals surface area (Å²) in [5.74, 6) is 0. The molecule has 0 bridgehead atoms. The lowest BCUT2D eigenvalue weighted by atomic mass is 10.3. The van der Waals surface area contributed by atoms with Crippen LogP contribution in [0.2, 0.25) is 0 Å². The quantitative estimate of drug-likeness (QED) is 0.563. The molecule has 0 amide bonds. The second kappa shape index (κ2) is 3.19. The fourth-order valence-corrected chi connectivity index (χ4v) is 1.49. The number of allylic oxidation sites excluding steroid dienone is 1. The molecular formula is C8H7NS. The number of aryl methyl sites for hydroxylation is 1. The first kappa shape index (κ1) is 7.04.